The highest BCUT2D eigenvalue weighted by Crippen LogP contribution is 2.30. The first-order valence-corrected chi connectivity index (χ1v) is 8.62. The fourth-order valence-electron chi connectivity index (χ4n) is 2.84. The van der Waals surface area contributed by atoms with Crippen molar-refractivity contribution in [1.29, 1.82) is 0 Å². The summed E-state index contributed by atoms with van der Waals surface area (Å²) in [7, 11) is 0. The van der Waals surface area contributed by atoms with E-state index in [0.717, 1.165) is 23.4 Å². The number of nitrogens with zero attached hydrogens (tertiary/aromatic N) is 2. The zero-order valence-electron chi connectivity index (χ0n) is 12.9. The molecule has 0 aliphatic carbocycles. The number of halogens is 1. The van der Waals surface area contributed by atoms with Crippen LogP contribution >= 0.6 is 11.3 Å². The standard InChI is InChI=1S/C17H17FN2O3S/c18-13-3-1-11(2-4-13)9-15(21)20-7-5-12(6-8-20)16-19-14(10-24-16)17(22)23/h1-4,10,12H,5-9H2,(H,22,23). The SMILES string of the molecule is O=C(O)c1csc(C2CCN(C(=O)Cc3ccc(F)cc3)CC2)n1. The van der Waals surface area contributed by atoms with Gasteiger partial charge in [0.15, 0.2) is 5.69 Å². The molecule has 5 nitrogen and oxygen atoms in total. The number of aromatic carboxylic acids is 1. The maximum absolute atomic E-state index is 12.9. The van der Waals surface area contributed by atoms with Gasteiger partial charge in [-0.3, -0.25) is 4.79 Å². The third kappa shape index (κ3) is 3.79. The number of carboxylic acid groups (broad SMARTS) is 1. The lowest BCUT2D eigenvalue weighted by atomic mass is 9.97. The van der Waals surface area contributed by atoms with Crippen molar-refractivity contribution >= 4 is 23.2 Å². The van der Waals surface area contributed by atoms with Gasteiger partial charge in [0.25, 0.3) is 0 Å². The Morgan fingerprint density at radius 2 is 1.92 bits per heavy atom. The third-order valence-electron chi connectivity index (χ3n) is 4.21. The minimum absolute atomic E-state index is 0.0328. The second-order valence-electron chi connectivity index (χ2n) is 5.83. The van der Waals surface area contributed by atoms with Gasteiger partial charge >= 0.3 is 5.97 Å². The fraction of sp³-hybridized carbons (Fsp3) is 0.353. The number of hydrogen-bond acceptors (Lipinski definition) is 4. The summed E-state index contributed by atoms with van der Waals surface area (Å²) in [4.78, 5) is 29.2. The highest BCUT2D eigenvalue weighted by molar-refractivity contribution is 7.09. The van der Waals surface area contributed by atoms with E-state index in [1.54, 1.807) is 17.5 Å². The van der Waals surface area contributed by atoms with Crippen LogP contribution in [0.4, 0.5) is 4.39 Å². The number of piperidine rings is 1. The Bertz CT molecular complexity index is 737. The van der Waals surface area contributed by atoms with E-state index < -0.39 is 5.97 Å². The van der Waals surface area contributed by atoms with Crippen molar-refractivity contribution in [3.05, 3.63) is 51.7 Å². The van der Waals surface area contributed by atoms with Gasteiger partial charge in [0.1, 0.15) is 5.82 Å². The average Bonchev–Trinajstić information content (AvgIpc) is 3.07. The van der Waals surface area contributed by atoms with Gasteiger partial charge in [-0.1, -0.05) is 12.1 Å². The lowest BCUT2D eigenvalue weighted by Crippen LogP contribution is -2.38. The Morgan fingerprint density at radius 1 is 1.25 bits per heavy atom. The molecule has 0 radical (unpaired) electrons. The maximum atomic E-state index is 12.9. The van der Waals surface area contributed by atoms with Crippen LogP contribution in [0.15, 0.2) is 29.6 Å². The molecule has 0 atom stereocenters. The first kappa shape index (κ1) is 16.6. The van der Waals surface area contributed by atoms with Gasteiger partial charge in [0, 0.05) is 24.4 Å². The molecule has 1 saturated heterocycles. The first-order chi connectivity index (χ1) is 11.5. The second kappa shape index (κ2) is 7.09. The Kier molecular flexibility index (Phi) is 4.89. The zero-order chi connectivity index (χ0) is 17.1. The van der Waals surface area contributed by atoms with E-state index in [4.69, 9.17) is 5.11 Å². The minimum atomic E-state index is -1.01. The molecular formula is C17H17FN2O3S. The summed E-state index contributed by atoms with van der Waals surface area (Å²) >= 11 is 1.37. The Labute approximate surface area is 142 Å². The monoisotopic (exact) mass is 348 g/mol. The zero-order valence-corrected chi connectivity index (χ0v) is 13.8. The molecule has 1 aliphatic heterocycles. The topological polar surface area (TPSA) is 70.5 Å². The van der Waals surface area contributed by atoms with Gasteiger partial charge in [0.2, 0.25) is 5.91 Å². The van der Waals surface area contributed by atoms with E-state index >= 15 is 0 Å². The number of amides is 1. The van der Waals surface area contributed by atoms with Gasteiger partial charge < -0.3 is 10.0 Å². The van der Waals surface area contributed by atoms with E-state index in [9.17, 15) is 14.0 Å². The Balaban J connectivity index is 1.55. The average molecular weight is 348 g/mol. The number of thiazole rings is 1. The van der Waals surface area contributed by atoms with Crippen LogP contribution < -0.4 is 0 Å². The summed E-state index contributed by atoms with van der Waals surface area (Å²) in [6.07, 6.45) is 1.83. The lowest BCUT2D eigenvalue weighted by molar-refractivity contribution is -0.131. The number of benzene rings is 1. The number of hydrogen-bond donors (Lipinski definition) is 1. The Morgan fingerprint density at radius 3 is 2.50 bits per heavy atom. The van der Waals surface area contributed by atoms with Crippen LogP contribution in [0.25, 0.3) is 0 Å². The molecule has 1 amide bonds. The molecular weight excluding hydrogens is 331 g/mol. The molecule has 0 saturated carbocycles. The normalized spacial score (nSPS) is 15.5. The van der Waals surface area contributed by atoms with Crippen molar-refractivity contribution in [1.82, 2.24) is 9.88 Å². The van der Waals surface area contributed by atoms with Crippen LogP contribution in [-0.4, -0.2) is 40.0 Å². The van der Waals surface area contributed by atoms with Gasteiger partial charge in [-0.15, -0.1) is 11.3 Å². The van der Waals surface area contributed by atoms with Crippen LogP contribution in [0.5, 0.6) is 0 Å². The molecule has 1 fully saturated rings. The van der Waals surface area contributed by atoms with Crippen molar-refractivity contribution in [3.63, 3.8) is 0 Å². The molecule has 2 aromatic rings. The van der Waals surface area contributed by atoms with Gasteiger partial charge in [-0.25, -0.2) is 14.2 Å². The molecule has 24 heavy (non-hydrogen) atoms. The number of likely N-dealkylation sites (tertiary alicyclic amines) is 1. The number of aromatic nitrogens is 1. The molecule has 7 heteroatoms. The van der Waals surface area contributed by atoms with E-state index in [2.05, 4.69) is 4.98 Å². The van der Waals surface area contributed by atoms with Crippen LogP contribution in [0.1, 0.15) is 39.8 Å². The summed E-state index contributed by atoms with van der Waals surface area (Å²) in [5.41, 5.74) is 0.888. The van der Waals surface area contributed by atoms with Gasteiger partial charge in [-0.2, -0.15) is 0 Å². The molecule has 0 unspecified atom stereocenters. The lowest BCUT2D eigenvalue weighted by Gasteiger charge is -2.31. The highest BCUT2D eigenvalue weighted by atomic mass is 32.1. The molecule has 0 bridgehead atoms. The predicted octanol–water partition coefficient (Wildman–Crippen LogP) is 2.93. The predicted molar refractivity (Wildman–Crippen MR) is 87.7 cm³/mol. The van der Waals surface area contributed by atoms with Crippen molar-refractivity contribution in [2.75, 3.05) is 13.1 Å². The van der Waals surface area contributed by atoms with Crippen LogP contribution in [-0.2, 0) is 11.2 Å². The minimum Gasteiger partial charge on any atom is -0.476 e. The van der Waals surface area contributed by atoms with Crippen LogP contribution in [0.2, 0.25) is 0 Å². The van der Waals surface area contributed by atoms with E-state index in [-0.39, 0.29) is 29.8 Å². The molecule has 0 spiro atoms. The molecule has 2 heterocycles. The molecule has 126 valence electrons. The van der Waals surface area contributed by atoms with Crippen molar-refractivity contribution in [2.45, 2.75) is 25.2 Å². The molecule has 1 aromatic carbocycles. The largest absolute Gasteiger partial charge is 0.476 e. The fourth-order valence-corrected chi connectivity index (χ4v) is 3.80. The molecule has 1 aliphatic rings. The highest BCUT2D eigenvalue weighted by Gasteiger charge is 2.26. The summed E-state index contributed by atoms with van der Waals surface area (Å²) < 4.78 is 12.9. The quantitative estimate of drug-likeness (QED) is 0.922. The number of carbonyl (C=O) groups is 2. The van der Waals surface area contributed by atoms with E-state index in [1.165, 1.54) is 23.5 Å². The number of carboxylic acids is 1. The summed E-state index contributed by atoms with van der Waals surface area (Å²) in [6, 6.07) is 5.97. The molecule has 1 aromatic heterocycles. The maximum Gasteiger partial charge on any atom is 0.355 e. The molecule has 1 N–H and O–H groups in total. The summed E-state index contributed by atoms with van der Waals surface area (Å²) in [5.74, 6) is -1.08. The van der Waals surface area contributed by atoms with Gasteiger partial charge in [0.05, 0.1) is 11.4 Å². The summed E-state index contributed by atoms with van der Waals surface area (Å²) in [5, 5.41) is 11.3. The van der Waals surface area contributed by atoms with Crippen molar-refractivity contribution < 1.29 is 19.1 Å². The number of carbonyl (C=O) groups excluding carboxylic acids is 1. The Hall–Kier alpha value is -2.28. The number of rotatable bonds is 4. The van der Waals surface area contributed by atoms with Crippen molar-refractivity contribution in [3.8, 4) is 0 Å². The molecule has 3 rings (SSSR count). The third-order valence-corrected chi connectivity index (χ3v) is 5.21. The van der Waals surface area contributed by atoms with E-state index in [1.807, 2.05) is 4.90 Å². The smallest absolute Gasteiger partial charge is 0.355 e. The summed E-state index contributed by atoms with van der Waals surface area (Å²) in [6.45, 7) is 1.26. The van der Waals surface area contributed by atoms with Gasteiger partial charge in [-0.05, 0) is 30.5 Å². The van der Waals surface area contributed by atoms with Crippen LogP contribution in [0, 0.1) is 5.82 Å². The first-order valence-electron chi connectivity index (χ1n) is 7.74. The van der Waals surface area contributed by atoms with E-state index in [0.29, 0.717) is 13.1 Å². The second-order valence-corrected chi connectivity index (χ2v) is 6.72. The van der Waals surface area contributed by atoms with Crippen molar-refractivity contribution in [2.24, 2.45) is 0 Å². The van der Waals surface area contributed by atoms with Crippen LogP contribution in [0.3, 0.4) is 0 Å².